The van der Waals surface area contributed by atoms with Crippen molar-refractivity contribution < 1.29 is 19.1 Å². The molecule has 0 aliphatic heterocycles. The molecule has 0 saturated carbocycles. The van der Waals surface area contributed by atoms with E-state index in [9.17, 15) is 9.59 Å². The first kappa shape index (κ1) is 16.5. The molecule has 23 heavy (non-hydrogen) atoms. The lowest BCUT2D eigenvalue weighted by atomic mass is 10.2. The van der Waals surface area contributed by atoms with Crippen molar-refractivity contribution in [2.75, 3.05) is 11.9 Å². The monoisotopic (exact) mass is 313 g/mol. The van der Waals surface area contributed by atoms with Crippen LogP contribution in [-0.2, 0) is 14.3 Å². The smallest absolute Gasteiger partial charge is 0.347 e. The van der Waals surface area contributed by atoms with Crippen LogP contribution in [0.4, 0.5) is 5.69 Å². The topological polar surface area (TPSA) is 64.6 Å². The number of aryl methyl sites for hydroxylation is 1. The fraction of sp³-hybridized carbons (Fsp3) is 0.222. The summed E-state index contributed by atoms with van der Waals surface area (Å²) >= 11 is 0. The lowest BCUT2D eigenvalue weighted by Gasteiger charge is -2.14. The average Bonchev–Trinajstić information content (AvgIpc) is 2.55. The number of esters is 1. The van der Waals surface area contributed by atoms with Crippen molar-refractivity contribution in [1.82, 2.24) is 0 Å². The van der Waals surface area contributed by atoms with Gasteiger partial charge >= 0.3 is 5.97 Å². The average molecular weight is 313 g/mol. The number of amides is 1. The van der Waals surface area contributed by atoms with Gasteiger partial charge in [0.25, 0.3) is 5.91 Å². The molecule has 0 radical (unpaired) electrons. The van der Waals surface area contributed by atoms with Gasteiger partial charge in [-0.3, -0.25) is 4.79 Å². The van der Waals surface area contributed by atoms with Crippen molar-refractivity contribution in [2.45, 2.75) is 20.0 Å². The summed E-state index contributed by atoms with van der Waals surface area (Å²) in [5, 5.41) is 2.70. The van der Waals surface area contributed by atoms with Gasteiger partial charge in [0.2, 0.25) is 0 Å². The Bertz CT molecular complexity index is 670. The first-order chi connectivity index (χ1) is 11.1. The quantitative estimate of drug-likeness (QED) is 0.833. The Morgan fingerprint density at radius 1 is 1.04 bits per heavy atom. The molecule has 0 aliphatic rings. The molecule has 120 valence electrons. The maximum atomic E-state index is 11.8. The molecule has 0 aromatic heterocycles. The molecule has 0 bridgehead atoms. The summed E-state index contributed by atoms with van der Waals surface area (Å²) < 4.78 is 10.4. The third-order valence-corrected chi connectivity index (χ3v) is 3.15. The predicted octanol–water partition coefficient (Wildman–Crippen LogP) is 2.94. The Balaban J connectivity index is 1.79. The van der Waals surface area contributed by atoms with Crippen molar-refractivity contribution in [3.63, 3.8) is 0 Å². The van der Waals surface area contributed by atoms with Crippen LogP contribution in [0.25, 0.3) is 0 Å². The minimum Gasteiger partial charge on any atom is -0.479 e. The zero-order chi connectivity index (χ0) is 16.7. The zero-order valence-electron chi connectivity index (χ0n) is 13.1. The van der Waals surface area contributed by atoms with E-state index >= 15 is 0 Å². The van der Waals surface area contributed by atoms with Gasteiger partial charge in [-0.2, -0.15) is 0 Å². The van der Waals surface area contributed by atoms with Gasteiger partial charge in [-0.15, -0.1) is 0 Å². The Kier molecular flexibility index (Phi) is 5.74. The Morgan fingerprint density at radius 3 is 2.39 bits per heavy atom. The number of para-hydroxylation sites is 2. The highest BCUT2D eigenvalue weighted by Gasteiger charge is 2.17. The van der Waals surface area contributed by atoms with Crippen LogP contribution in [-0.4, -0.2) is 24.6 Å². The molecule has 0 aliphatic carbocycles. The van der Waals surface area contributed by atoms with Crippen molar-refractivity contribution in [1.29, 1.82) is 0 Å². The molecule has 5 heteroatoms. The second-order valence-electron chi connectivity index (χ2n) is 5.04. The summed E-state index contributed by atoms with van der Waals surface area (Å²) in [5.41, 5.74) is 1.63. The summed E-state index contributed by atoms with van der Waals surface area (Å²) in [4.78, 5) is 23.7. The van der Waals surface area contributed by atoms with Crippen LogP contribution in [0, 0.1) is 6.92 Å². The Hall–Kier alpha value is -2.82. The highest BCUT2D eigenvalue weighted by Crippen LogP contribution is 2.13. The number of hydrogen-bond donors (Lipinski definition) is 1. The molecule has 2 rings (SSSR count). The van der Waals surface area contributed by atoms with Crippen LogP contribution in [0.3, 0.4) is 0 Å². The summed E-state index contributed by atoms with van der Waals surface area (Å²) in [6, 6.07) is 16.3. The number of nitrogens with one attached hydrogen (secondary N) is 1. The summed E-state index contributed by atoms with van der Waals surface area (Å²) in [5.74, 6) is -0.408. The highest BCUT2D eigenvalue weighted by molar-refractivity contribution is 5.93. The van der Waals surface area contributed by atoms with Gasteiger partial charge in [0.1, 0.15) is 5.75 Å². The number of carbonyl (C=O) groups excluding carboxylic acids is 2. The van der Waals surface area contributed by atoms with Gasteiger partial charge in [-0.05, 0) is 37.6 Å². The van der Waals surface area contributed by atoms with Crippen molar-refractivity contribution in [2.24, 2.45) is 0 Å². The molecule has 0 unspecified atom stereocenters. The molecular formula is C18H19NO4. The minimum absolute atomic E-state index is 0.352. The minimum atomic E-state index is -0.788. The van der Waals surface area contributed by atoms with Crippen LogP contribution in [0.5, 0.6) is 5.75 Å². The number of rotatable bonds is 6. The molecule has 0 fully saturated rings. The van der Waals surface area contributed by atoms with Crippen LogP contribution in [0.1, 0.15) is 12.5 Å². The van der Waals surface area contributed by atoms with Gasteiger partial charge in [-0.25, -0.2) is 4.79 Å². The van der Waals surface area contributed by atoms with E-state index in [0.29, 0.717) is 11.4 Å². The van der Waals surface area contributed by atoms with E-state index < -0.39 is 12.1 Å². The molecule has 1 N–H and O–H groups in total. The maximum Gasteiger partial charge on any atom is 0.347 e. The molecular weight excluding hydrogens is 294 g/mol. The fourth-order valence-electron chi connectivity index (χ4n) is 1.90. The van der Waals surface area contributed by atoms with Gasteiger partial charge in [0, 0.05) is 5.69 Å². The summed E-state index contributed by atoms with van der Waals surface area (Å²) in [7, 11) is 0. The molecule has 2 aromatic carbocycles. The van der Waals surface area contributed by atoms with Crippen molar-refractivity contribution in [3.05, 3.63) is 60.2 Å². The molecule has 2 aromatic rings. The van der Waals surface area contributed by atoms with Gasteiger partial charge in [0.15, 0.2) is 12.7 Å². The van der Waals surface area contributed by atoms with E-state index in [1.807, 2.05) is 43.3 Å². The van der Waals surface area contributed by atoms with E-state index in [4.69, 9.17) is 9.47 Å². The van der Waals surface area contributed by atoms with E-state index in [1.165, 1.54) is 0 Å². The maximum absolute atomic E-state index is 11.8. The molecule has 1 amide bonds. The molecule has 0 saturated heterocycles. The van der Waals surface area contributed by atoms with Crippen LogP contribution < -0.4 is 10.1 Å². The van der Waals surface area contributed by atoms with Crippen molar-refractivity contribution >= 4 is 17.6 Å². The molecule has 0 heterocycles. The summed E-state index contributed by atoms with van der Waals surface area (Å²) in [6.45, 7) is 3.11. The largest absolute Gasteiger partial charge is 0.479 e. The third kappa shape index (κ3) is 5.14. The van der Waals surface area contributed by atoms with Crippen LogP contribution in [0.15, 0.2) is 54.6 Å². The molecule has 1 atom stereocenters. The number of ether oxygens (including phenoxy) is 2. The van der Waals surface area contributed by atoms with Gasteiger partial charge in [0.05, 0.1) is 0 Å². The second-order valence-corrected chi connectivity index (χ2v) is 5.04. The lowest BCUT2D eigenvalue weighted by Crippen LogP contribution is -2.29. The fourth-order valence-corrected chi connectivity index (χ4v) is 1.90. The standard InChI is InChI=1S/C18H19NO4/c1-13-8-6-7-11-16(13)19-17(20)12-22-18(21)14(2)23-15-9-4-3-5-10-15/h3-11,14H,12H2,1-2H3,(H,19,20)/t14-/m0/s1. The van der Waals surface area contributed by atoms with E-state index in [-0.39, 0.29) is 12.5 Å². The number of anilines is 1. The Morgan fingerprint density at radius 2 is 1.70 bits per heavy atom. The number of carbonyl (C=O) groups is 2. The predicted molar refractivity (Wildman–Crippen MR) is 87.3 cm³/mol. The van der Waals surface area contributed by atoms with Gasteiger partial charge < -0.3 is 14.8 Å². The van der Waals surface area contributed by atoms with E-state index in [2.05, 4.69) is 5.32 Å². The van der Waals surface area contributed by atoms with Crippen molar-refractivity contribution in [3.8, 4) is 5.75 Å². The van der Waals surface area contributed by atoms with Crippen LogP contribution in [0.2, 0.25) is 0 Å². The highest BCUT2D eigenvalue weighted by atomic mass is 16.6. The normalized spacial score (nSPS) is 11.4. The van der Waals surface area contributed by atoms with E-state index in [0.717, 1.165) is 5.56 Å². The number of hydrogen-bond acceptors (Lipinski definition) is 4. The number of benzene rings is 2. The first-order valence-electron chi connectivity index (χ1n) is 7.30. The van der Waals surface area contributed by atoms with Gasteiger partial charge in [-0.1, -0.05) is 36.4 Å². The zero-order valence-corrected chi connectivity index (χ0v) is 13.1. The van der Waals surface area contributed by atoms with Crippen LogP contribution >= 0.6 is 0 Å². The van der Waals surface area contributed by atoms with E-state index in [1.54, 1.807) is 25.1 Å². The third-order valence-electron chi connectivity index (χ3n) is 3.15. The SMILES string of the molecule is Cc1ccccc1NC(=O)COC(=O)[C@H](C)Oc1ccccc1. The lowest BCUT2D eigenvalue weighted by molar-refractivity contribution is -0.153. The molecule has 0 spiro atoms. The first-order valence-corrected chi connectivity index (χ1v) is 7.30. The summed E-state index contributed by atoms with van der Waals surface area (Å²) in [6.07, 6.45) is -0.788. The second kappa shape index (κ2) is 7.98. The Labute approximate surface area is 135 Å². The molecule has 5 nitrogen and oxygen atoms in total.